The molecule has 0 saturated heterocycles. The molecule has 1 aliphatic heterocycles. The third-order valence-electron chi connectivity index (χ3n) is 5.03. The Kier molecular flexibility index (Phi) is 4.59. The van der Waals surface area contributed by atoms with Crippen LogP contribution in [0.4, 0.5) is 5.82 Å². The Morgan fingerprint density at radius 3 is 2.63 bits per heavy atom. The van der Waals surface area contributed by atoms with Crippen molar-refractivity contribution < 1.29 is 19.1 Å². The molecule has 1 fully saturated rings. The number of carbonyl (C=O) groups is 2. The van der Waals surface area contributed by atoms with Crippen LogP contribution in [0.3, 0.4) is 0 Å². The van der Waals surface area contributed by atoms with Gasteiger partial charge in [-0.3, -0.25) is 9.59 Å². The van der Waals surface area contributed by atoms with E-state index >= 15 is 0 Å². The summed E-state index contributed by atoms with van der Waals surface area (Å²) < 4.78 is 12.3. The maximum Gasteiger partial charge on any atom is 0.272 e. The largest absolute Gasteiger partial charge is 0.454 e. The molecule has 5 rings (SSSR count). The van der Waals surface area contributed by atoms with Crippen LogP contribution in [-0.4, -0.2) is 28.4 Å². The van der Waals surface area contributed by atoms with Gasteiger partial charge in [-0.15, -0.1) is 0 Å². The lowest BCUT2D eigenvalue weighted by molar-refractivity contribution is -0.117. The Hall–Kier alpha value is -3.81. The van der Waals surface area contributed by atoms with Gasteiger partial charge in [0.25, 0.3) is 5.91 Å². The number of para-hydroxylation sites is 1. The zero-order valence-corrected chi connectivity index (χ0v) is 16.1. The molecule has 2 aromatic carbocycles. The summed E-state index contributed by atoms with van der Waals surface area (Å²) in [6.45, 7) is 0.523. The van der Waals surface area contributed by atoms with Crippen LogP contribution < -0.4 is 20.1 Å². The molecule has 3 aromatic rings. The minimum atomic E-state index is -0.329. The van der Waals surface area contributed by atoms with Crippen molar-refractivity contribution in [2.75, 3.05) is 12.1 Å². The molecule has 8 nitrogen and oxygen atoms in total. The predicted molar refractivity (Wildman–Crippen MR) is 109 cm³/mol. The van der Waals surface area contributed by atoms with Crippen molar-refractivity contribution in [2.24, 2.45) is 5.92 Å². The lowest BCUT2D eigenvalue weighted by Gasteiger charge is -2.08. The summed E-state index contributed by atoms with van der Waals surface area (Å²) in [6, 6.07) is 16.5. The number of nitrogens with zero attached hydrogens (tertiary/aromatic N) is 2. The van der Waals surface area contributed by atoms with Crippen LogP contribution in [0.2, 0.25) is 0 Å². The van der Waals surface area contributed by atoms with E-state index in [1.807, 2.05) is 48.5 Å². The molecule has 1 aromatic heterocycles. The Bertz CT molecular complexity index is 1110. The van der Waals surface area contributed by atoms with Crippen molar-refractivity contribution in [3.63, 3.8) is 0 Å². The van der Waals surface area contributed by atoms with E-state index in [0.29, 0.717) is 23.9 Å². The van der Waals surface area contributed by atoms with Crippen molar-refractivity contribution in [3.8, 4) is 17.2 Å². The van der Waals surface area contributed by atoms with Gasteiger partial charge in [-0.1, -0.05) is 24.3 Å². The summed E-state index contributed by atoms with van der Waals surface area (Å²) in [5, 5.41) is 10.2. The van der Waals surface area contributed by atoms with Crippen LogP contribution in [0.25, 0.3) is 5.69 Å². The predicted octanol–water partition coefficient (Wildman–Crippen LogP) is 2.88. The quantitative estimate of drug-likeness (QED) is 0.659. The Labute approximate surface area is 172 Å². The number of amides is 2. The van der Waals surface area contributed by atoms with E-state index in [9.17, 15) is 9.59 Å². The first-order chi connectivity index (χ1) is 14.7. The molecule has 152 valence electrons. The second kappa shape index (κ2) is 7.55. The fourth-order valence-electron chi connectivity index (χ4n) is 3.24. The summed E-state index contributed by atoms with van der Waals surface area (Å²) in [7, 11) is 0. The molecule has 8 heteroatoms. The third kappa shape index (κ3) is 3.71. The summed E-state index contributed by atoms with van der Waals surface area (Å²) in [4.78, 5) is 25.0. The van der Waals surface area contributed by atoms with Crippen LogP contribution in [0, 0.1) is 5.92 Å². The molecule has 1 aliphatic carbocycles. The van der Waals surface area contributed by atoms with E-state index in [-0.39, 0.29) is 30.2 Å². The topological polar surface area (TPSA) is 94.5 Å². The van der Waals surface area contributed by atoms with Crippen LogP contribution in [-0.2, 0) is 11.3 Å². The number of fused-ring (bicyclic) bond motifs is 1. The highest BCUT2D eigenvalue weighted by atomic mass is 16.7. The van der Waals surface area contributed by atoms with Gasteiger partial charge in [-0.2, -0.15) is 5.10 Å². The van der Waals surface area contributed by atoms with E-state index in [1.54, 1.807) is 10.7 Å². The molecule has 1 saturated carbocycles. The summed E-state index contributed by atoms with van der Waals surface area (Å²) in [5.41, 5.74) is 1.88. The van der Waals surface area contributed by atoms with Gasteiger partial charge in [0.05, 0.1) is 5.69 Å². The molecule has 2 heterocycles. The first-order valence-electron chi connectivity index (χ1n) is 9.80. The molecule has 0 atom stereocenters. The number of carbonyl (C=O) groups excluding carboxylic acids is 2. The maximum atomic E-state index is 12.7. The number of nitrogens with one attached hydrogen (secondary N) is 2. The molecule has 0 bridgehead atoms. The van der Waals surface area contributed by atoms with Gasteiger partial charge in [0.1, 0.15) is 5.82 Å². The highest BCUT2D eigenvalue weighted by Crippen LogP contribution is 2.32. The van der Waals surface area contributed by atoms with Crippen LogP contribution >= 0.6 is 0 Å². The molecule has 0 unspecified atom stereocenters. The van der Waals surface area contributed by atoms with Gasteiger partial charge in [0, 0.05) is 18.5 Å². The number of rotatable bonds is 6. The average molecular weight is 404 g/mol. The smallest absolute Gasteiger partial charge is 0.272 e. The minimum Gasteiger partial charge on any atom is -0.454 e. The second-order valence-corrected chi connectivity index (χ2v) is 7.30. The monoisotopic (exact) mass is 404 g/mol. The highest BCUT2D eigenvalue weighted by molar-refractivity contribution is 5.97. The summed E-state index contributed by atoms with van der Waals surface area (Å²) in [5.74, 6) is 1.52. The SMILES string of the molecule is O=C(NCc1ccc2c(c1)OCO2)c1cc(NC(=O)C2CC2)n(-c2ccccc2)n1. The molecule has 0 radical (unpaired) electrons. The van der Waals surface area contributed by atoms with Crippen molar-refractivity contribution >= 4 is 17.6 Å². The van der Waals surface area contributed by atoms with Crippen molar-refractivity contribution in [1.82, 2.24) is 15.1 Å². The molecule has 30 heavy (non-hydrogen) atoms. The zero-order valence-electron chi connectivity index (χ0n) is 16.1. The Balaban J connectivity index is 1.34. The summed E-state index contributed by atoms with van der Waals surface area (Å²) >= 11 is 0. The van der Waals surface area contributed by atoms with Crippen LogP contribution in [0.1, 0.15) is 28.9 Å². The van der Waals surface area contributed by atoms with Gasteiger partial charge >= 0.3 is 0 Å². The number of benzene rings is 2. The first-order valence-corrected chi connectivity index (χ1v) is 9.80. The fraction of sp³-hybridized carbons (Fsp3) is 0.227. The molecular weight excluding hydrogens is 384 g/mol. The van der Waals surface area contributed by atoms with Gasteiger partial charge in [-0.25, -0.2) is 4.68 Å². The lowest BCUT2D eigenvalue weighted by atomic mass is 10.2. The standard InChI is InChI=1S/C22H20N4O4/c27-21(15-7-8-15)24-20-11-17(25-26(20)16-4-2-1-3-5-16)22(28)23-12-14-6-9-18-19(10-14)30-13-29-18/h1-6,9-11,15H,7-8,12-13H2,(H,23,28)(H,24,27). The fourth-order valence-corrected chi connectivity index (χ4v) is 3.24. The number of hydrogen-bond acceptors (Lipinski definition) is 5. The molecule has 2 amide bonds. The van der Waals surface area contributed by atoms with E-state index in [0.717, 1.165) is 24.1 Å². The number of ether oxygens (including phenoxy) is 2. The van der Waals surface area contributed by atoms with Gasteiger partial charge in [0.2, 0.25) is 12.7 Å². The molecule has 2 aliphatic rings. The van der Waals surface area contributed by atoms with Crippen LogP contribution in [0.15, 0.2) is 54.6 Å². The molecular formula is C22H20N4O4. The van der Waals surface area contributed by atoms with Gasteiger partial charge in [-0.05, 0) is 42.7 Å². The van der Waals surface area contributed by atoms with E-state index in [2.05, 4.69) is 15.7 Å². The van der Waals surface area contributed by atoms with Crippen molar-refractivity contribution in [1.29, 1.82) is 0 Å². The maximum absolute atomic E-state index is 12.7. The lowest BCUT2D eigenvalue weighted by Crippen LogP contribution is -2.23. The molecule has 2 N–H and O–H groups in total. The normalized spacial score (nSPS) is 14.4. The van der Waals surface area contributed by atoms with E-state index in [4.69, 9.17) is 9.47 Å². The second-order valence-electron chi connectivity index (χ2n) is 7.30. The van der Waals surface area contributed by atoms with E-state index in [1.165, 1.54) is 0 Å². The van der Waals surface area contributed by atoms with Crippen molar-refractivity contribution in [2.45, 2.75) is 19.4 Å². The Morgan fingerprint density at radius 1 is 1.03 bits per heavy atom. The molecule has 0 spiro atoms. The third-order valence-corrected chi connectivity index (χ3v) is 5.03. The van der Waals surface area contributed by atoms with Crippen LogP contribution in [0.5, 0.6) is 11.5 Å². The number of aromatic nitrogens is 2. The first kappa shape index (κ1) is 18.2. The van der Waals surface area contributed by atoms with E-state index < -0.39 is 0 Å². The average Bonchev–Trinajstić information content (AvgIpc) is 3.38. The van der Waals surface area contributed by atoms with Crippen molar-refractivity contribution in [3.05, 3.63) is 65.9 Å². The number of anilines is 1. The Morgan fingerprint density at radius 2 is 1.83 bits per heavy atom. The summed E-state index contributed by atoms with van der Waals surface area (Å²) in [6.07, 6.45) is 1.79. The highest BCUT2D eigenvalue weighted by Gasteiger charge is 2.30. The van der Waals surface area contributed by atoms with Gasteiger partial charge < -0.3 is 20.1 Å². The zero-order chi connectivity index (χ0) is 20.5. The van der Waals surface area contributed by atoms with Gasteiger partial charge in [0.15, 0.2) is 17.2 Å². The number of hydrogen-bond donors (Lipinski definition) is 2. The minimum absolute atomic E-state index is 0.0422.